The Morgan fingerprint density at radius 3 is 2.73 bits per heavy atom. The summed E-state index contributed by atoms with van der Waals surface area (Å²) >= 11 is 1.16. The number of hydrogen-bond acceptors (Lipinski definition) is 8. The second-order valence-electron chi connectivity index (χ2n) is 9.50. The van der Waals surface area contributed by atoms with Gasteiger partial charge in [0.05, 0.1) is 12.2 Å². The topological polar surface area (TPSA) is 144 Å². The SMILES string of the molecule is CC(C)(C)OC(=O)N1CCCC(c2cc(N3CCNC(=O)C3)nc3sc(C(N)=O)c(N)c23)C1. The molecule has 11 heteroatoms. The lowest BCUT2D eigenvalue weighted by atomic mass is 9.89. The molecule has 0 radical (unpaired) electrons. The van der Waals surface area contributed by atoms with Crippen molar-refractivity contribution in [3.8, 4) is 0 Å². The van der Waals surface area contributed by atoms with Crippen LogP contribution in [0.1, 0.15) is 54.8 Å². The molecule has 5 N–H and O–H groups in total. The minimum atomic E-state index is -0.598. The Bertz CT molecular complexity index is 1110. The Morgan fingerprint density at radius 1 is 1.30 bits per heavy atom. The first kappa shape index (κ1) is 23.1. The zero-order valence-electron chi connectivity index (χ0n) is 19.1. The molecule has 0 saturated carbocycles. The lowest BCUT2D eigenvalue weighted by Crippen LogP contribution is -2.48. The number of piperazine rings is 1. The van der Waals surface area contributed by atoms with Crippen molar-refractivity contribution in [3.05, 3.63) is 16.5 Å². The number of carbonyl (C=O) groups is 3. The highest BCUT2D eigenvalue weighted by Gasteiger charge is 2.32. The normalized spacial score (nSPS) is 19.5. The maximum Gasteiger partial charge on any atom is 0.410 e. The van der Waals surface area contributed by atoms with Gasteiger partial charge >= 0.3 is 6.09 Å². The Hall–Kier alpha value is -3.08. The van der Waals surface area contributed by atoms with Crippen LogP contribution in [0.25, 0.3) is 10.2 Å². The summed E-state index contributed by atoms with van der Waals surface area (Å²) in [6.45, 7) is 7.98. The molecule has 0 spiro atoms. The van der Waals surface area contributed by atoms with Crippen molar-refractivity contribution in [1.29, 1.82) is 0 Å². The summed E-state index contributed by atoms with van der Waals surface area (Å²) in [7, 11) is 0. The van der Waals surface area contributed by atoms with Gasteiger partial charge in [-0.1, -0.05) is 0 Å². The molecule has 2 saturated heterocycles. The average Bonchev–Trinajstić information content (AvgIpc) is 3.09. The molecule has 33 heavy (non-hydrogen) atoms. The van der Waals surface area contributed by atoms with Crippen LogP contribution in [0.5, 0.6) is 0 Å². The van der Waals surface area contributed by atoms with Gasteiger partial charge < -0.3 is 31.3 Å². The van der Waals surface area contributed by atoms with Crippen molar-refractivity contribution in [2.24, 2.45) is 5.73 Å². The molecule has 4 heterocycles. The summed E-state index contributed by atoms with van der Waals surface area (Å²) in [5.74, 6) is -0.0351. The second kappa shape index (κ2) is 8.69. The number of nitrogens with two attached hydrogens (primary N) is 2. The minimum absolute atomic E-state index is 0.0215. The molecule has 1 unspecified atom stereocenters. The van der Waals surface area contributed by atoms with Crippen LogP contribution in [0.2, 0.25) is 0 Å². The maximum absolute atomic E-state index is 12.7. The van der Waals surface area contributed by atoms with Crippen LogP contribution in [-0.4, -0.2) is 66.1 Å². The highest BCUT2D eigenvalue weighted by Crippen LogP contribution is 2.41. The molecule has 10 nitrogen and oxygen atoms in total. The van der Waals surface area contributed by atoms with Gasteiger partial charge in [-0.3, -0.25) is 9.59 Å². The van der Waals surface area contributed by atoms with E-state index < -0.39 is 11.5 Å². The average molecular weight is 475 g/mol. The zero-order valence-corrected chi connectivity index (χ0v) is 20.0. The van der Waals surface area contributed by atoms with E-state index in [9.17, 15) is 14.4 Å². The van der Waals surface area contributed by atoms with Crippen LogP contribution in [0.15, 0.2) is 6.07 Å². The minimum Gasteiger partial charge on any atom is -0.444 e. The fraction of sp³-hybridized carbons (Fsp3) is 0.545. The standard InChI is InChI=1S/C22H30N6O4S/c1-22(2,3)32-21(31)28-7-4-5-12(10-28)13-9-14(27-8-6-25-15(29)11-27)26-20-16(13)17(23)18(33-20)19(24)30/h9,12H,4-8,10-11,23H2,1-3H3,(H2,24,30)(H,25,29). The van der Waals surface area contributed by atoms with Gasteiger partial charge in [0.15, 0.2) is 0 Å². The lowest BCUT2D eigenvalue weighted by molar-refractivity contribution is -0.120. The highest BCUT2D eigenvalue weighted by atomic mass is 32.1. The first-order valence-corrected chi connectivity index (χ1v) is 11.9. The predicted molar refractivity (Wildman–Crippen MR) is 128 cm³/mol. The van der Waals surface area contributed by atoms with Gasteiger partial charge in [-0.25, -0.2) is 9.78 Å². The number of aromatic nitrogens is 1. The van der Waals surface area contributed by atoms with E-state index in [0.29, 0.717) is 47.9 Å². The van der Waals surface area contributed by atoms with E-state index in [-0.39, 0.29) is 29.3 Å². The van der Waals surface area contributed by atoms with Crippen LogP contribution >= 0.6 is 11.3 Å². The monoisotopic (exact) mass is 474 g/mol. The fourth-order valence-corrected chi connectivity index (χ4v) is 5.34. The largest absolute Gasteiger partial charge is 0.444 e. The number of thiophene rings is 1. The molecule has 0 aromatic carbocycles. The van der Waals surface area contributed by atoms with Crippen LogP contribution in [0, 0.1) is 0 Å². The van der Waals surface area contributed by atoms with Crippen molar-refractivity contribution < 1.29 is 19.1 Å². The molecule has 1 atom stereocenters. The maximum atomic E-state index is 12.7. The number of ether oxygens (including phenoxy) is 1. The highest BCUT2D eigenvalue weighted by molar-refractivity contribution is 7.21. The van der Waals surface area contributed by atoms with Crippen LogP contribution in [0.4, 0.5) is 16.3 Å². The van der Waals surface area contributed by atoms with Gasteiger partial charge in [0.25, 0.3) is 5.91 Å². The number of rotatable bonds is 3. The molecule has 0 bridgehead atoms. The summed E-state index contributed by atoms with van der Waals surface area (Å²) in [6.07, 6.45) is 1.31. The number of nitrogens with one attached hydrogen (secondary N) is 1. The fourth-order valence-electron chi connectivity index (χ4n) is 4.36. The zero-order chi connectivity index (χ0) is 23.9. The van der Waals surface area contributed by atoms with Crippen molar-refractivity contribution >= 4 is 51.0 Å². The molecule has 0 aliphatic carbocycles. The number of nitrogens with zero attached hydrogens (tertiary/aromatic N) is 3. The second-order valence-corrected chi connectivity index (χ2v) is 10.5. The molecule has 2 aromatic heterocycles. The smallest absolute Gasteiger partial charge is 0.410 e. The van der Waals surface area contributed by atoms with Gasteiger partial charge in [0.1, 0.15) is 21.1 Å². The first-order chi connectivity index (χ1) is 15.5. The summed E-state index contributed by atoms with van der Waals surface area (Å²) in [5, 5.41) is 3.52. The Morgan fingerprint density at radius 2 is 2.06 bits per heavy atom. The quantitative estimate of drug-likeness (QED) is 0.617. The third-order valence-corrected chi connectivity index (χ3v) is 6.93. The van der Waals surface area contributed by atoms with Crippen LogP contribution in [0.3, 0.4) is 0 Å². The van der Waals surface area contributed by atoms with Gasteiger partial charge in [-0.2, -0.15) is 0 Å². The van der Waals surface area contributed by atoms with Crippen molar-refractivity contribution in [3.63, 3.8) is 0 Å². The molecular formula is C22H30N6O4S. The third kappa shape index (κ3) is 4.82. The Labute approximate surface area is 196 Å². The van der Waals surface area contributed by atoms with Gasteiger partial charge in [-0.05, 0) is 45.2 Å². The van der Waals surface area contributed by atoms with E-state index in [4.69, 9.17) is 21.2 Å². The first-order valence-electron chi connectivity index (χ1n) is 11.1. The summed E-state index contributed by atoms with van der Waals surface area (Å²) < 4.78 is 5.58. The number of carbonyl (C=O) groups excluding carboxylic acids is 3. The Kier molecular flexibility index (Phi) is 6.08. The number of anilines is 2. The number of pyridine rings is 1. The van der Waals surface area contributed by atoms with Crippen molar-refractivity contribution in [1.82, 2.24) is 15.2 Å². The van der Waals surface area contributed by atoms with E-state index in [1.807, 2.05) is 31.7 Å². The number of piperidine rings is 1. The summed E-state index contributed by atoms with van der Waals surface area (Å²) in [4.78, 5) is 45.9. The lowest BCUT2D eigenvalue weighted by Gasteiger charge is -2.35. The molecule has 178 valence electrons. The third-order valence-electron chi connectivity index (χ3n) is 5.81. The molecule has 2 aliphatic rings. The van der Waals surface area contributed by atoms with E-state index in [1.54, 1.807) is 4.90 Å². The van der Waals surface area contributed by atoms with Crippen LogP contribution in [-0.2, 0) is 9.53 Å². The number of primary amides is 1. The number of likely N-dealkylation sites (tertiary alicyclic amines) is 1. The van der Waals surface area contributed by atoms with E-state index in [1.165, 1.54) is 0 Å². The molecular weight excluding hydrogens is 444 g/mol. The molecule has 3 amide bonds. The van der Waals surface area contributed by atoms with Gasteiger partial charge in [0, 0.05) is 37.5 Å². The molecule has 2 aromatic rings. The van der Waals surface area contributed by atoms with Crippen LogP contribution < -0.4 is 21.7 Å². The molecule has 4 rings (SSSR count). The van der Waals surface area contributed by atoms with Gasteiger partial charge in [0.2, 0.25) is 5.91 Å². The van der Waals surface area contributed by atoms with E-state index >= 15 is 0 Å². The number of nitrogen functional groups attached to an aromatic ring is 1. The Balaban J connectivity index is 1.75. The van der Waals surface area contributed by atoms with Crippen molar-refractivity contribution in [2.75, 3.05) is 43.4 Å². The molecule has 2 fully saturated rings. The number of hydrogen-bond donors (Lipinski definition) is 3. The molecule has 2 aliphatic heterocycles. The van der Waals surface area contributed by atoms with Gasteiger partial charge in [-0.15, -0.1) is 11.3 Å². The number of amides is 3. The summed E-state index contributed by atoms with van der Waals surface area (Å²) in [6, 6.07) is 1.94. The van der Waals surface area contributed by atoms with Crippen molar-refractivity contribution in [2.45, 2.75) is 45.1 Å². The predicted octanol–water partition coefficient (Wildman–Crippen LogP) is 2.03. The number of fused-ring (bicyclic) bond motifs is 1. The summed E-state index contributed by atoms with van der Waals surface area (Å²) in [5.41, 5.74) is 12.6. The van der Waals surface area contributed by atoms with E-state index in [0.717, 1.165) is 29.7 Å². The van der Waals surface area contributed by atoms with E-state index in [2.05, 4.69) is 5.32 Å².